The van der Waals surface area contributed by atoms with Gasteiger partial charge in [0.05, 0.1) is 6.42 Å². The van der Waals surface area contributed by atoms with E-state index >= 15 is 0 Å². The number of carbonyl (C=O) groups is 2. The maximum absolute atomic E-state index is 11.5. The van der Waals surface area contributed by atoms with Crippen molar-refractivity contribution in [2.24, 2.45) is 5.92 Å². The molecule has 0 aromatic heterocycles. The number of ether oxygens (including phenoxy) is 1. The molecule has 0 atom stereocenters. The Bertz CT molecular complexity index is 455. The van der Waals surface area contributed by atoms with Crippen molar-refractivity contribution in [3.8, 4) is 5.75 Å². The molecule has 0 aliphatic rings. The second kappa shape index (κ2) is 7.31. The van der Waals surface area contributed by atoms with Crippen molar-refractivity contribution in [3.05, 3.63) is 30.3 Å². The Labute approximate surface area is 112 Å². The summed E-state index contributed by atoms with van der Waals surface area (Å²) in [6.07, 6.45) is -0.364. The van der Waals surface area contributed by atoms with Crippen molar-refractivity contribution in [3.63, 3.8) is 0 Å². The number of benzene rings is 1. The van der Waals surface area contributed by atoms with Crippen molar-refractivity contribution < 1.29 is 14.3 Å². The summed E-state index contributed by atoms with van der Waals surface area (Å²) < 4.78 is 4.91. The van der Waals surface area contributed by atoms with Crippen molar-refractivity contribution in [2.45, 2.75) is 26.7 Å². The Kier molecular flexibility index (Phi) is 5.73. The Morgan fingerprint density at radius 3 is 2.47 bits per heavy atom. The fourth-order valence-electron chi connectivity index (χ4n) is 1.54. The number of hydrogen-bond acceptors (Lipinski definition) is 4. The molecular formula is C14H18N2O3. The fraction of sp³-hybridized carbons (Fsp3) is 0.357. The average molecular weight is 262 g/mol. The van der Waals surface area contributed by atoms with Crippen LogP contribution in [0.2, 0.25) is 0 Å². The zero-order valence-corrected chi connectivity index (χ0v) is 11.1. The molecule has 1 aromatic rings. The maximum Gasteiger partial charge on any atom is 0.419 e. The van der Waals surface area contributed by atoms with E-state index < -0.39 is 12.0 Å². The minimum atomic E-state index is -0.825. The third kappa shape index (κ3) is 6.35. The van der Waals surface area contributed by atoms with Crippen LogP contribution in [0.4, 0.5) is 4.79 Å². The van der Waals surface area contributed by atoms with Gasteiger partial charge in [-0.1, -0.05) is 32.0 Å². The normalized spacial score (nSPS) is 10.1. The van der Waals surface area contributed by atoms with Gasteiger partial charge >= 0.3 is 6.09 Å². The maximum atomic E-state index is 11.5. The molecule has 0 radical (unpaired) electrons. The fourth-order valence-corrected chi connectivity index (χ4v) is 1.54. The molecule has 2 N–H and O–H groups in total. The number of hydrogen-bond donors (Lipinski definition) is 2. The number of imide groups is 1. The monoisotopic (exact) mass is 262 g/mol. The Morgan fingerprint density at radius 2 is 1.89 bits per heavy atom. The van der Waals surface area contributed by atoms with E-state index in [1.165, 1.54) is 0 Å². The molecule has 2 amide bonds. The second-order valence-corrected chi connectivity index (χ2v) is 4.63. The van der Waals surface area contributed by atoms with E-state index in [0.717, 1.165) is 0 Å². The third-order valence-electron chi connectivity index (χ3n) is 2.22. The number of rotatable bonds is 5. The molecule has 1 aromatic carbocycles. The van der Waals surface area contributed by atoms with Crippen LogP contribution in [-0.2, 0) is 4.79 Å². The van der Waals surface area contributed by atoms with Gasteiger partial charge in [0.25, 0.3) is 0 Å². The van der Waals surface area contributed by atoms with Gasteiger partial charge in [0.1, 0.15) is 5.75 Å². The third-order valence-corrected chi connectivity index (χ3v) is 2.22. The van der Waals surface area contributed by atoms with Crippen molar-refractivity contribution >= 4 is 17.7 Å². The van der Waals surface area contributed by atoms with Gasteiger partial charge in [0.2, 0.25) is 5.91 Å². The zero-order valence-electron chi connectivity index (χ0n) is 11.1. The average Bonchev–Trinajstić information content (AvgIpc) is 2.28. The summed E-state index contributed by atoms with van der Waals surface area (Å²) in [7, 11) is 0. The molecule has 0 aliphatic carbocycles. The van der Waals surface area contributed by atoms with Gasteiger partial charge in [0.15, 0.2) is 0 Å². The van der Waals surface area contributed by atoms with Crippen LogP contribution < -0.4 is 10.1 Å². The van der Waals surface area contributed by atoms with Crippen LogP contribution in [0.5, 0.6) is 5.75 Å². The molecule has 0 aliphatic heterocycles. The smallest absolute Gasteiger partial charge is 0.410 e. The van der Waals surface area contributed by atoms with E-state index in [0.29, 0.717) is 23.8 Å². The summed E-state index contributed by atoms with van der Waals surface area (Å²) in [4.78, 5) is 22.9. The summed E-state index contributed by atoms with van der Waals surface area (Å²) in [6.45, 7) is 3.94. The lowest BCUT2D eigenvalue weighted by Gasteiger charge is -2.07. The topological polar surface area (TPSA) is 79.3 Å². The number of nitrogens with one attached hydrogen (secondary N) is 2. The van der Waals surface area contributed by atoms with Crippen LogP contribution in [0.25, 0.3) is 0 Å². The van der Waals surface area contributed by atoms with Gasteiger partial charge in [-0.05, 0) is 24.5 Å². The molecule has 0 bridgehead atoms. The van der Waals surface area contributed by atoms with Crippen LogP contribution in [0, 0.1) is 11.3 Å². The van der Waals surface area contributed by atoms with Crippen molar-refractivity contribution in [2.75, 3.05) is 0 Å². The molecule has 1 rings (SSSR count). The number of carbonyl (C=O) groups excluding carboxylic acids is 2. The molecule has 0 saturated carbocycles. The number of para-hydroxylation sites is 1. The van der Waals surface area contributed by atoms with Gasteiger partial charge in [0, 0.05) is 5.71 Å². The first-order valence-electron chi connectivity index (χ1n) is 6.10. The van der Waals surface area contributed by atoms with Crippen LogP contribution in [0.3, 0.4) is 0 Å². The summed E-state index contributed by atoms with van der Waals surface area (Å²) in [5.41, 5.74) is 0.306. The summed E-state index contributed by atoms with van der Waals surface area (Å²) in [5, 5.41) is 9.69. The molecule has 0 spiro atoms. The molecule has 0 heterocycles. The molecule has 102 valence electrons. The van der Waals surface area contributed by atoms with E-state index in [2.05, 4.69) is 5.32 Å². The first-order valence-corrected chi connectivity index (χ1v) is 6.10. The summed E-state index contributed by atoms with van der Waals surface area (Å²) in [6, 6.07) is 8.48. The van der Waals surface area contributed by atoms with E-state index in [-0.39, 0.29) is 6.42 Å². The highest BCUT2D eigenvalue weighted by molar-refractivity contribution is 6.04. The molecular weight excluding hydrogens is 244 g/mol. The Morgan fingerprint density at radius 1 is 1.26 bits per heavy atom. The molecule has 0 saturated heterocycles. The summed E-state index contributed by atoms with van der Waals surface area (Å²) >= 11 is 0. The molecule has 5 nitrogen and oxygen atoms in total. The van der Waals surface area contributed by atoms with Gasteiger partial charge < -0.3 is 10.1 Å². The molecule has 0 unspecified atom stereocenters. The van der Waals surface area contributed by atoms with Gasteiger partial charge in [-0.2, -0.15) is 0 Å². The quantitative estimate of drug-likeness (QED) is 0.801. The standard InChI is InChI=1S/C14H18N2O3/c1-10(2)8-11(15)9-13(17)16-14(18)19-12-6-4-3-5-7-12/h3-7,10,15H,8-9H2,1-2H3,(H,16,17,18). The highest BCUT2D eigenvalue weighted by Gasteiger charge is 2.12. The van der Waals surface area contributed by atoms with Crippen LogP contribution >= 0.6 is 0 Å². The largest absolute Gasteiger partial charge is 0.419 e. The van der Waals surface area contributed by atoms with Crippen LogP contribution in [0.1, 0.15) is 26.7 Å². The van der Waals surface area contributed by atoms with Crippen LogP contribution in [0.15, 0.2) is 30.3 Å². The lowest BCUT2D eigenvalue weighted by atomic mass is 10.0. The Hall–Kier alpha value is -2.17. The van der Waals surface area contributed by atoms with E-state index in [1.807, 2.05) is 13.8 Å². The summed E-state index contributed by atoms with van der Waals surface area (Å²) in [5.74, 6) is 0.160. The molecule has 5 heteroatoms. The predicted molar refractivity (Wildman–Crippen MR) is 72.4 cm³/mol. The van der Waals surface area contributed by atoms with Crippen molar-refractivity contribution in [1.29, 1.82) is 5.41 Å². The predicted octanol–water partition coefficient (Wildman–Crippen LogP) is 2.76. The van der Waals surface area contributed by atoms with E-state index in [9.17, 15) is 9.59 Å². The molecule has 0 fully saturated rings. The highest BCUT2D eigenvalue weighted by Crippen LogP contribution is 2.08. The first-order chi connectivity index (χ1) is 8.97. The zero-order chi connectivity index (χ0) is 14.3. The highest BCUT2D eigenvalue weighted by atomic mass is 16.6. The van der Waals surface area contributed by atoms with Gasteiger partial charge in [-0.25, -0.2) is 4.79 Å². The minimum absolute atomic E-state index is 0.0813. The lowest BCUT2D eigenvalue weighted by molar-refractivity contribution is -0.119. The van der Waals surface area contributed by atoms with Crippen LogP contribution in [-0.4, -0.2) is 17.7 Å². The van der Waals surface area contributed by atoms with E-state index in [1.54, 1.807) is 30.3 Å². The lowest BCUT2D eigenvalue weighted by Crippen LogP contribution is -2.34. The molecule has 19 heavy (non-hydrogen) atoms. The number of amides is 2. The Balaban J connectivity index is 2.36. The van der Waals surface area contributed by atoms with Gasteiger partial charge in [-0.15, -0.1) is 0 Å². The SMILES string of the molecule is CC(C)CC(=N)CC(=O)NC(=O)Oc1ccccc1. The minimum Gasteiger partial charge on any atom is -0.410 e. The van der Waals surface area contributed by atoms with Gasteiger partial charge in [-0.3, -0.25) is 10.1 Å². The second-order valence-electron chi connectivity index (χ2n) is 4.63. The van der Waals surface area contributed by atoms with E-state index in [4.69, 9.17) is 10.1 Å². The first kappa shape index (κ1) is 14.9. The van der Waals surface area contributed by atoms with Crippen molar-refractivity contribution in [1.82, 2.24) is 5.32 Å².